The van der Waals surface area contributed by atoms with Crippen LogP contribution in [-0.2, 0) is 0 Å². The van der Waals surface area contributed by atoms with Crippen molar-refractivity contribution in [2.45, 2.75) is 26.3 Å². The van der Waals surface area contributed by atoms with E-state index in [9.17, 15) is 5.21 Å². The third kappa shape index (κ3) is 3.35. The molecule has 0 N–H and O–H groups in total. The Morgan fingerprint density at radius 1 is 0.850 bits per heavy atom. The highest BCUT2D eigenvalue weighted by molar-refractivity contribution is 5.61. The molecule has 0 heterocycles. The van der Waals surface area contributed by atoms with Gasteiger partial charge in [-0.3, -0.25) is 0 Å². The minimum atomic E-state index is -0.582. The summed E-state index contributed by atoms with van der Waals surface area (Å²) in [6.45, 7) is 5.49. The molecule has 0 fully saturated rings. The zero-order chi connectivity index (χ0) is 14.6. The lowest BCUT2D eigenvalue weighted by molar-refractivity contribution is -0.600. The van der Waals surface area contributed by atoms with E-state index in [1.807, 2.05) is 81.4 Å². The molecule has 0 aromatic heterocycles. The van der Waals surface area contributed by atoms with Crippen molar-refractivity contribution in [1.29, 1.82) is 0 Å². The van der Waals surface area contributed by atoms with Crippen LogP contribution in [0.1, 0.15) is 20.8 Å². The number of benzene rings is 2. The first-order valence-corrected chi connectivity index (χ1v) is 6.57. The van der Waals surface area contributed by atoms with Crippen molar-refractivity contribution in [2.24, 2.45) is 5.22 Å². The van der Waals surface area contributed by atoms with Crippen LogP contribution in [0.25, 0.3) is 0 Å². The molecule has 2 aromatic rings. The number of hydrogen-bond acceptors (Lipinski definition) is 2. The second-order valence-electron chi connectivity index (χ2n) is 5.52. The van der Waals surface area contributed by atoms with Gasteiger partial charge in [0.25, 0.3) is 0 Å². The summed E-state index contributed by atoms with van der Waals surface area (Å²) in [6.07, 6.45) is 0. The minimum absolute atomic E-state index is 0.582. The summed E-state index contributed by atoms with van der Waals surface area (Å²) in [4.78, 5) is 0.729. The molecule has 0 amide bonds. The number of hydroxylamine groups is 1. The molecule has 104 valence electrons. The highest BCUT2D eigenvalue weighted by Crippen LogP contribution is 2.26. The molecule has 0 spiro atoms. The smallest absolute Gasteiger partial charge is 0.156 e. The molecule has 4 nitrogen and oxygen atoms in total. The van der Waals surface area contributed by atoms with E-state index in [-0.39, 0.29) is 0 Å². The van der Waals surface area contributed by atoms with E-state index in [1.165, 1.54) is 0 Å². The Labute approximate surface area is 119 Å². The van der Waals surface area contributed by atoms with Gasteiger partial charge >= 0.3 is 0 Å². The molecule has 0 bridgehead atoms. The van der Waals surface area contributed by atoms with Crippen molar-refractivity contribution in [3.63, 3.8) is 0 Å². The Morgan fingerprint density at radius 3 is 1.60 bits per heavy atom. The fourth-order valence-electron chi connectivity index (χ4n) is 1.61. The Balaban J connectivity index is 2.46. The molecule has 0 aliphatic rings. The SMILES string of the molecule is CC(C)(C)/[N+]([O-])=N/N(c1ccccc1)c1ccccc1. The molecule has 0 atom stereocenters. The van der Waals surface area contributed by atoms with Crippen molar-refractivity contribution < 1.29 is 4.86 Å². The summed E-state index contributed by atoms with van der Waals surface area (Å²) < 4.78 is 0. The van der Waals surface area contributed by atoms with Gasteiger partial charge in [-0.1, -0.05) is 41.4 Å². The van der Waals surface area contributed by atoms with Crippen molar-refractivity contribution in [3.05, 3.63) is 65.9 Å². The van der Waals surface area contributed by atoms with Gasteiger partial charge in [-0.2, -0.15) is 4.86 Å². The largest absolute Gasteiger partial charge is 0.695 e. The van der Waals surface area contributed by atoms with Crippen LogP contribution in [0.3, 0.4) is 0 Å². The molecular weight excluding hydrogens is 250 g/mol. The number of hydrogen-bond donors (Lipinski definition) is 0. The van der Waals surface area contributed by atoms with Crippen molar-refractivity contribution in [3.8, 4) is 0 Å². The van der Waals surface area contributed by atoms with Gasteiger partial charge in [0.2, 0.25) is 0 Å². The van der Waals surface area contributed by atoms with Gasteiger partial charge < -0.3 is 5.21 Å². The van der Waals surface area contributed by atoms with Crippen LogP contribution >= 0.6 is 0 Å². The van der Waals surface area contributed by atoms with E-state index in [0.717, 1.165) is 16.2 Å². The fraction of sp³-hybridized carbons (Fsp3) is 0.250. The first-order chi connectivity index (χ1) is 9.48. The first-order valence-electron chi connectivity index (χ1n) is 6.57. The van der Waals surface area contributed by atoms with Gasteiger partial charge in [-0.15, -0.1) is 0 Å². The highest BCUT2D eigenvalue weighted by Gasteiger charge is 2.21. The Hall–Kier alpha value is -2.36. The van der Waals surface area contributed by atoms with E-state index in [4.69, 9.17) is 0 Å². The van der Waals surface area contributed by atoms with Gasteiger partial charge in [-0.05, 0) is 45.0 Å². The van der Waals surface area contributed by atoms with E-state index in [1.54, 1.807) is 5.01 Å². The fourth-order valence-corrected chi connectivity index (χ4v) is 1.61. The van der Waals surface area contributed by atoms with Gasteiger partial charge in [0.15, 0.2) is 11.4 Å². The molecule has 20 heavy (non-hydrogen) atoms. The van der Waals surface area contributed by atoms with Crippen LogP contribution in [0.2, 0.25) is 0 Å². The van der Waals surface area contributed by atoms with Gasteiger partial charge in [0.05, 0.1) is 5.22 Å². The Morgan fingerprint density at radius 2 is 1.25 bits per heavy atom. The molecule has 0 radical (unpaired) electrons. The molecule has 0 saturated carbocycles. The quantitative estimate of drug-likeness (QED) is 0.467. The molecule has 0 saturated heterocycles. The van der Waals surface area contributed by atoms with Crippen LogP contribution in [-0.4, -0.2) is 10.4 Å². The number of anilines is 2. The molecule has 0 unspecified atom stereocenters. The maximum Gasteiger partial charge on any atom is 0.156 e. The van der Waals surface area contributed by atoms with Crippen LogP contribution in [0.15, 0.2) is 65.9 Å². The van der Waals surface area contributed by atoms with Crippen LogP contribution in [0.4, 0.5) is 11.4 Å². The zero-order valence-electron chi connectivity index (χ0n) is 12.0. The lowest BCUT2D eigenvalue weighted by Gasteiger charge is -2.23. The summed E-state index contributed by atoms with van der Waals surface area (Å²) in [5, 5.41) is 18.0. The van der Waals surface area contributed by atoms with Crippen LogP contribution in [0, 0.1) is 5.21 Å². The van der Waals surface area contributed by atoms with Gasteiger partial charge in [0, 0.05) is 0 Å². The average Bonchev–Trinajstić information content (AvgIpc) is 2.45. The lowest BCUT2D eigenvalue weighted by atomic mass is 10.1. The Bertz CT molecular complexity index is 534. The third-order valence-corrected chi connectivity index (χ3v) is 2.75. The van der Waals surface area contributed by atoms with E-state index >= 15 is 0 Å². The second kappa shape index (κ2) is 5.74. The predicted molar refractivity (Wildman–Crippen MR) is 80.8 cm³/mol. The second-order valence-corrected chi connectivity index (χ2v) is 5.52. The summed E-state index contributed by atoms with van der Waals surface area (Å²) in [6, 6.07) is 19.3. The highest BCUT2D eigenvalue weighted by atomic mass is 16.5. The molecule has 4 heteroatoms. The van der Waals surface area contributed by atoms with Crippen molar-refractivity contribution >= 4 is 11.4 Å². The minimum Gasteiger partial charge on any atom is -0.695 e. The Kier molecular flexibility index (Phi) is 4.03. The zero-order valence-corrected chi connectivity index (χ0v) is 12.0. The number of rotatable bonds is 3. The molecule has 0 aliphatic carbocycles. The number of nitrogens with zero attached hydrogens (tertiary/aromatic N) is 3. The van der Waals surface area contributed by atoms with E-state index in [2.05, 4.69) is 5.22 Å². The first kappa shape index (κ1) is 14.1. The maximum atomic E-state index is 12.1. The number of para-hydroxylation sites is 2. The van der Waals surface area contributed by atoms with Gasteiger partial charge in [0.1, 0.15) is 5.54 Å². The standard InChI is InChI=1S/C16H19N3O/c1-16(2,3)19(20)17-18(14-10-6-4-7-11-14)15-12-8-5-9-13-15/h4-13H,1-3H3/b19-17-. The van der Waals surface area contributed by atoms with Crippen LogP contribution < -0.4 is 5.01 Å². The summed E-state index contributed by atoms with van der Waals surface area (Å²) in [5.41, 5.74) is 1.12. The predicted octanol–water partition coefficient (Wildman–Crippen LogP) is 4.50. The summed E-state index contributed by atoms with van der Waals surface area (Å²) in [5.74, 6) is 0. The molecule has 2 aromatic carbocycles. The van der Waals surface area contributed by atoms with Gasteiger partial charge in [-0.25, -0.2) is 0 Å². The summed E-state index contributed by atoms with van der Waals surface area (Å²) in [7, 11) is 0. The topological polar surface area (TPSA) is 41.7 Å². The summed E-state index contributed by atoms with van der Waals surface area (Å²) >= 11 is 0. The monoisotopic (exact) mass is 269 g/mol. The maximum absolute atomic E-state index is 12.1. The normalized spacial score (nSPS) is 12.2. The molecular formula is C16H19N3O. The third-order valence-electron chi connectivity index (χ3n) is 2.75. The molecule has 0 aliphatic heterocycles. The van der Waals surface area contributed by atoms with E-state index < -0.39 is 5.54 Å². The van der Waals surface area contributed by atoms with E-state index in [0.29, 0.717) is 0 Å². The molecule has 2 rings (SSSR count). The van der Waals surface area contributed by atoms with Crippen molar-refractivity contribution in [2.75, 3.05) is 5.01 Å². The average molecular weight is 269 g/mol. The lowest BCUT2D eigenvalue weighted by Crippen LogP contribution is -2.29. The van der Waals surface area contributed by atoms with Crippen LogP contribution in [0.5, 0.6) is 0 Å². The van der Waals surface area contributed by atoms with Crippen molar-refractivity contribution in [1.82, 2.24) is 0 Å².